The van der Waals surface area contributed by atoms with Crippen LogP contribution in [0.5, 0.6) is 0 Å². The summed E-state index contributed by atoms with van der Waals surface area (Å²) in [4.78, 5) is 9.69. The molecule has 0 amide bonds. The number of hydrogen-bond donors (Lipinski definition) is 3. The summed E-state index contributed by atoms with van der Waals surface area (Å²) in [5, 5.41) is 13.9. The molecule has 34 heavy (non-hydrogen) atoms. The molecule has 11 heteroatoms. The first-order valence-electron chi connectivity index (χ1n) is 12.4. The number of aromatic amines is 1. The van der Waals surface area contributed by atoms with Gasteiger partial charge in [0.1, 0.15) is 11.9 Å². The molecule has 4 atom stereocenters. The molecule has 5 rings (SSSR count). The van der Waals surface area contributed by atoms with Crippen molar-refractivity contribution >= 4 is 27.6 Å². The highest BCUT2D eigenvalue weighted by Gasteiger charge is 2.45. The standard InChI is InChI=1S/C23H35N7O3S/c1-4-34(31,32)30-16-7-5-8-17(30)13-15(12-16)20-21(18-9-6-10-33-18)26-23(24-3)27-22(20)25-19-11-14(2)28-29-19/h11,15-18H,4-10,12-13H2,1-3H3,(H3,24,25,26,27,28,29)/t15?,16-,17+,18-/m1/s1. The van der Waals surface area contributed by atoms with Gasteiger partial charge in [-0.05, 0) is 58.3 Å². The lowest BCUT2D eigenvalue weighted by Crippen LogP contribution is -2.54. The highest BCUT2D eigenvalue weighted by atomic mass is 32.2. The van der Waals surface area contributed by atoms with Crippen molar-refractivity contribution in [2.24, 2.45) is 0 Å². The maximum atomic E-state index is 12.9. The van der Waals surface area contributed by atoms with E-state index in [9.17, 15) is 8.42 Å². The third-order valence-electron chi connectivity index (χ3n) is 7.39. The third-order valence-corrected chi connectivity index (χ3v) is 9.36. The number of sulfonamides is 1. The van der Waals surface area contributed by atoms with Crippen molar-refractivity contribution in [1.29, 1.82) is 0 Å². The van der Waals surface area contributed by atoms with Gasteiger partial charge in [0.25, 0.3) is 0 Å². The van der Waals surface area contributed by atoms with Crippen LogP contribution in [0.1, 0.15) is 80.8 Å². The van der Waals surface area contributed by atoms with Gasteiger partial charge in [-0.3, -0.25) is 5.10 Å². The zero-order chi connectivity index (χ0) is 23.9. The normalized spacial score (nSPS) is 27.6. The van der Waals surface area contributed by atoms with Crippen LogP contribution in [0.15, 0.2) is 6.07 Å². The first kappa shape index (κ1) is 23.5. The molecule has 5 heterocycles. The lowest BCUT2D eigenvalue weighted by atomic mass is 9.76. The second-order valence-electron chi connectivity index (χ2n) is 9.64. The van der Waals surface area contributed by atoms with Crippen LogP contribution in [0.4, 0.5) is 17.6 Å². The molecule has 186 valence electrons. The number of nitrogens with zero attached hydrogens (tertiary/aromatic N) is 4. The Morgan fingerprint density at radius 1 is 1.18 bits per heavy atom. The van der Waals surface area contributed by atoms with Gasteiger partial charge in [-0.2, -0.15) is 14.4 Å². The number of ether oxygens (including phenoxy) is 1. The smallest absolute Gasteiger partial charge is 0.224 e. The van der Waals surface area contributed by atoms with Crippen LogP contribution in [0.3, 0.4) is 0 Å². The Morgan fingerprint density at radius 3 is 2.53 bits per heavy atom. The van der Waals surface area contributed by atoms with E-state index in [0.29, 0.717) is 11.8 Å². The Hall–Kier alpha value is -2.24. The number of nitrogens with one attached hydrogen (secondary N) is 3. The molecule has 2 aromatic heterocycles. The summed E-state index contributed by atoms with van der Waals surface area (Å²) in [7, 11) is -1.43. The zero-order valence-corrected chi connectivity index (χ0v) is 21.0. The van der Waals surface area contributed by atoms with Crippen LogP contribution in [0.25, 0.3) is 0 Å². The lowest BCUT2D eigenvalue weighted by Gasteiger charge is -2.48. The highest BCUT2D eigenvalue weighted by Crippen LogP contribution is 2.47. The number of rotatable bonds is 7. The average Bonchev–Trinajstić information content (AvgIpc) is 3.49. The van der Waals surface area contributed by atoms with E-state index in [1.165, 1.54) is 0 Å². The van der Waals surface area contributed by atoms with E-state index >= 15 is 0 Å². The largest absolute Gasteiger partial charge is 0.372 e. The maximum Gasteiger partial charge on any atom is 0.224 e. The van der Waals surface area contributed by atoms with Gasteiger partial charge in [0.2, 0.25) is 16.0 Å². The highest BCUT2D eigenvalue weighted by molar-refractivity contribution is 7.89. The first-order chi connectivity index (χ1) is 16.4. The number of hydrogen-bond acceptors (Lipinski definition) is 8. The summed E-state index contributed by atoms with van der Waals surface area (Å²) in [6, 6.07) is 1.98. The summed E-state index contributed by atoms with van der Waals surface area (Å²) >= 11 is 0. The molecular weight excluding hydrogens is 454 g/mol. The summed E-state index contributed by atoms with van der Waals surface area (Å²) in [6.07, 6.45) is 6.26. The van der Waals surface area contributed by atoms with Crippen molar-refractivity contribution < 1.29 is 13.2 Å². The SMILES string of the molecule is CCS(=O)(=O)N1[C@@H]2CCC[C@H]1CC(c1c(Nc3cc(C)[nH]n3)nc(NC)nc1[C@H]1CCCO1)C2. The van der Waals surface area contributed by atoms with Crippen LogP contribution >= 0.6 is 0 Å². The Morgan fingerprint density at radius 2 is 1.94 bits per heavy atom. The lowest BCUT2D eigenvalue weighted by molar-refractivity contribution is 0.0982. The number of piperidine rings is 2. The minimum absolute atomic E-state index is 0.0178. The summed E-state index contributed by atoms with van der Waals surface area (Å²) in [6.45, 7) is 4.43. The van der Waals surface area contributed by atoms with Gasteiger partial charge in [0, 0.05) is 43.1 Å². The van der Waals surface area contributed by atoms with E-state index < -0.39 is 10.0 Å². The van der Waals surface area contributed by atoms with Crippen molar-refractivity contribution in [1.82, 2.24) is 24.5 Å². The van der Waals surface area contributed by atoms with Gasteiger partial charge >= 0.3 is 0 Å². The number of anilines is 3. The Bertz CT molecular complexity index is 1120. The topological polar surface area (TPSA) is 125 Å². The Balaban J connectivity index is 1.58. The number of aromatic nitrogens is 4. The number of fused-ring (bicyclic) bond motifs is 2. The van der Waals surface area contributed by atoms with Crippen molar-refractivity contribution in [2.75, 3.05) is 30.0 Å². The fraction of sp³-hybridized carbons (Fsp3) is 0.696. The molecule has 3 N–H and O–H groups in total. The van der Waals surface area contributed by atoms with Gasteiger partial charge in [0.15, 0.2) is 5.82 Å². The molecule has 10 nitrogen and oxygen atoms in total. The van der Waals surface area contributed by atoms with Gasteiger partial charge < -0.3 is 15.4 Å². The Labute approximate surface area is 201 Å². The van der Waals surface area contributed by atoms with Gasteiger partial charge in [0.05, 0.1) is 11.4 Å². The second kappa shape index (κ2) is 9.43. The average molecular weight is 490 g/mol. The van der Waals surface area contributed by atoms with E-state index in [1.807, 2.05) is 24.3 Å². The molecule has 0 saturated carbocycles. The van der Waals surface area contributed by atoms with E-state index in [0.717, 1.165) is 74.3 Å². The fourth-order valence-electron chi connectivity index (χ4n) is 5.92. The van der Waals surface area contributed by atoms with E-state index in [1.54, 1.807) is 6.92 Å². The van der Waals surface area contributed by atoms with Crippen LogP contribution in [0.2, 0.25) is 0 Å². The molecule has 2 bridgehead atoms. The molecule has 3 aliphatic rings. The second-order valence-corrected chi connectivity index (χ2v) is 11.8. The third kappa shape index (κ3) is 4.40. The molecule has 2 aromatic rings. The predicted octanol–water partition coefficient (Wildman–Crippen LogP) is 3.60. The molecule has 0 aliphatic carbocycles. The summed E-state index contributed by atoms with van der Waals surface area (Å²) < 4.78 is 33.8. The molecule has 0 aromatic carbocycles. The molecule has 0 radical (unpaired) electrons. The van der Waals surface area contributed by atoms with Crippen LogP contribution in [-0.2, 0) is 14.8 Å². The molecule has 3 saturated heterocycles. The van der Waals surface area contributed by atoms with E-state index in [2.05, 4.69) is 20.8 Å². The predicted molar refractivity (Wildman–Crippen MR) is 131 cm³/mol. The van der Waals surface area contributed by atoms with Crippen LogP contribution in [0, 0.1) is 6.92 Å². The minimum Gasteiger partial charge on any atom is -0.372 e. The summed E-state index contributed by atoms with van der Waals surface area (Å²) in [5.41, 5.74) is 2.93. The van der Waals surface area contributed by atoms with Gasteiger partial charge in [-0.25, -0.2) is 13.4 Å². The molecule has 0 spiro atoms. The minimum atomic E-state index is -3.24. The van der Waals surface area contributed by atoms with E-state index in [4.69, 9.17) is 14.7 Å². The Kier molecular flexibility index (Phi) is 6.51. The monoisotopic (exact) mass is 489 g/mol. The number of H-pyrrole nitrogens is 1. The first-order valence-corrected chi connectivity index (χ1v) is 14.0. The quantitative estimate of drug-likeness (QED) is 0.539. The molecule has 3 fully saturated rings. The molecular formula is C23H35N7O3S. The van der Waals surface area contributed by atoms with Crippen molar-refractivity contribution in [3.63, 3.8) is 0 Å². The van der Waals surface area contributed by atoms with Crippen LogP contribution in [-0.4, -0.2) is 64.4 Å². The van der Waals surface area contributed by atoms with Gasteiger partial charge in [-0.15, -0.1) is 0 Å². The zero-order valence-electron chi connectivity index (χ0n) is 20.2. The van der Waals surface area contributed by atoms with Crippen molar-refractivity contribution in [3.8, 4) is 0 Å². The maximum absolute atomic E-state index is 12.9. The van der Waals surface area contributed by atoms with Crippen molar-refractivity contribution in [2.45, 2.75) is 82.9 Å². The van der Waals surface area contributed by atoms with E-state index in [-0.39, 0.29) is 29.9 Å². The summed E-state index contributed by atoms with van der Waals surface area (Å²) in [5.74, 6) is 2.26. The molecule has 3 aliphatic heterocycles. The molecule has 1 unspecified atom stereocenters. The van der Waals surface area contributed by atoms with Gasteiger partial charge in [-0.1, -0.05) is 6.42 Å². The fourth-order valence-corrected chi connectivity index (χ4v) is 7.51. The van der Waals surface area contributed by atoms with Crippen molar-refractivity contribution in [3.05, 3.63) is 23.0 Å². The number of aryl methyl sites for hydroxylation is 1. The van der Waals surface area contributed by atoms with Crippen LogP contribution < -0.4 is 10.6 Å².